The maximum atomic E-state index is 4.67. The number of hydrogen-bond acceptors (Lipinski definition) is 3. The van der Waals surface area contributed by atoms with Gasteiger partial charge in [-0.2, -0.15) is 0 Å². The molecular formula is C18H29N3. The Kier molecular flexibility index (Phi) is 4.79. The van der Waals surface area contributed by atoms with E-state index in [1.807, 2.05) is 6.20 Å². The summed E-state index contributed by atoms with van der Waals surface area (Å²) < 4.78 is 0. The molecule has 3 rings (SSSR count). The van der Waals surface area contributed by atoms with Crippen LogP contribution in [0.4, 0.5) is 5.82 Å². The van der Waals surface area contributed by atoms with E-state index in [0.29, 0.717) is 5.92 Å². The summed E-state index contributed by atoms with van der Waals surface area (Å²) in [6, 6.07) is 5.12. The number of pyridine rings is 1. The zero-order valence-electron chi connectivity index (χ0n) is 13.6. The Morgan fingerprint density at radius 2 is 1.76 bits per heavy atom. The van der Waals surface area contributed by atoms with Gasteiger partial charge in [0.2, 0.25) is 0 Å². The summed E-state index contributed by atoms with van der Waals surface area (Å²) in [4.78, 5) is 9.92. The maximum absolute atomic E-state index is 4.67. The fraction of sp³-hybridized carbons (Fsp3) is 0.722. The first-order chi connectivity index (χ1) is 10.3. The normalized spacial score (nSPS) is 22.0. The molecule has 3 nitrogen and oxygen atoms in total. The highest BCUT2D eigenvalue weighted by atomic mass is 15.2. The molecule has 2 aliphatic heterocycles. The van der Waals surface area contributed by atoms with Crippen molar-refractivity contribution in [3.8, 4) is 0 Å². The summed E-state index contributed by atoms with van der Waals surface area (Å²) in [7, 11) is 0. The largest absolute Gasteiger partial charge is 0.356 e. The molecule has 116 valence electrons. The van der Waals surface area contributed by atoms with Crippen LogP contribution in [-0.4, -0.2) is 42.1 Å². The second-order valence-electron chi connectivity index (χ2n) is 6.89. The lowest BCUT2D eigenvalue weighted by Crippen LogP contribution is -2.47. The molecule has 0 spiro atoms. The smallest absolute Gasteiger partial charge is 0.131 e. The minimum absolute atomic E-state index is 0.550. The molecule has 21 heavy (non-hydrogen) atoms. The molecule has 3 heteroatoms. The van der Waals surface area contributed by atoms with E-state index < -0.39 is 0 Å². The van der Waals surface area contributed by atoms with Gasteiger partial charge in [-0.05, 0) is 56.3 Å². The number of piperidine rings is 2. The van der Waals surface area contributed by atoms with Gasteiger partial charge in [0.1, 0.15) is 5.82 Å². The Morgan fingerprint density at radius 1 is 1.05 bits per heavy atom. The Hall–Kier alpha value is -1.09. The van der Waals surface area contributed by atoms with Gasteiger partial charge in [0.15, 0.2) is 0 Å². The van der Waals surface area contributed by atoms with Crippen LogP contribution in [0.1, 0.15) is 57.4 Å². The van der Waals surface area contributed by atoms with Crippen LogP contribution in [0.25, 0.3) is 0 Å². The lowest BCUT2D eigenvalue weighted by atomic mass is 9.98. The lowest BCUT2D eigenvalue weighted by Gasteiger charge is -2.41. The van der Waals surface area contributed by atoms with Crippen molar-refractivity contribution in [2.45, 2.75) is 57.9 Å². The Bertz CT molecular complexity index is 444. The summed E-state index contributed by atoms with van der Waals surface area (Å²) in [5.41, 5.74) is 1.40. The average molecular weight is 287 g/mol. The van der Waals surface area contributed by atoms with Crippen LogP contribution >= 0.6 is 0 Å². The fourth-order valence-electron chi connectivity index (χ4n) is 3.85. The van der Waals surface area contributed by atoms with Gasteiger partial charge in [-0.25, -0.2) is 4.98 Å². The zero-order chi connectivity index (χ0) is 14.7. The van der Waals surface area contributed by atoms with Crippen molar-refractivity contribution in [3.63, 3.8) is 0 Å². The molecule has 0 atom stereocenters. The second kappa shape index (κ2) is 6.78. The number of rotatable bonds is 3. The van der Waals surface area contributed by atoms with E-state index in [0.717, 1.165) is 19.1 Å². The molecule has 2 fully saturated rings. The predicted octanol–water partition coefficient (Wildman–Crippen LogP) is 3.66. The Labute approximate surface area is 129 Å². The topological polar surface area (TPSA) is 19.4 Å². The molecule has 0 aliphatic carbocycles. The first kappa shape index (κ1) is 14.8. The van der Waals surface area contributed by atoms with Crippen LogP contribution in [0.2, 0.25) is 0 Å². The van der Waals surface area contributed by atoms with Crippen LogP contribution in [-0.2, 0) is 0 Å². The third kappa shape index (κ3) is 3.39. The monoisotopic (exact) mass is 287 g/mol. The van der Waals surface area contributed by atoms with E-state index in [-0.39, 0.29) is 0 Å². The molecule has 2 aliphatic rings. The van der Waals surface area contributed by atoms with Crippen molar-refractivity contribution in [2.24, 2.45) is 0 Å². The van der Waals surface area contributed by atoms with E-state index in [1.54, 1.807) is 0 Å². The van der Waals surface area contributed by atoms with E-state index in [4.69, 9.17) is 0 Å². The van der Waals surface area contributed by atoms with Crippen molar-refractivity contribution in [2.75, 3.05) is 31.1 Å². The summed E-state index contributed by atoms with van der Waals surface area (Å²) >= 11 is 0. The fourth-order valence-corrected chi connectivity index (χ4v) is 3.85. The molecule has 0 amide bonds. The first-order valence-electron chi connectivity index (χ1n) is 8.69. The number of hydrogen-bond donors (Lipinski definition) is 0. The van der Waals surface area contributed by atoms with E-state index in [1.165, 1.54) is 56.6 Å². The highest BCUT2D eigenvalue weighted by Gasteiger charge is 2.27. The predicted molar refractivity (Wildman–Crippen MR) is 89.0 cm³/mol. The first-order valence-corrected chi connectivity index (χ1v) is 8.69. The molecule has 0 unspecified atom stereocenters. The van der Waals surface area contributed by atoms with Crippen LogP contribution in [0.15, 0.2) is 18.3 Å². The van der Waals surface area contributed by atoms with Crippen molar-refractivity contribution >= 4 is 5.82 Å². The molecule has 2 saturated heterocycles. The molecule has 0 saturated carbocycles. The van der Waals surface area contributed by atoms with Crippen LogP contribution in [0.5, 0.6) is 0 Å². The van der Waals surface area contributed by atoms with Crippen molar-refractivity contribution in [1.29, 1.82) is 0 Å². The molecule has 3 heterocycles. The maximum Gasteiger partial charge on any atom is 0.131 e. The van der Waals surface area contributed by atoms with Crippen molar-refractivity contribution in [3.05, 3.63) is 23.9 Å². The third-order valence-electron chi connectivity index (χ3n) is 5.11. The Morgan fingerprint density at radius 3 is 2.43 bits per heavy atom. The lowest BCUT2D eigenvalue weighted by molar-refractivity contribution is 0.141. The standard InChI is InChI=1S/C18H29N3/c1-15(2)17-7-6-10-19-18(17)21-13-8-16(9-14-21)20-11-4-3-5-12-20/h6-7,10,15-16H,3-5,8-9,11-14H2,1-2H3. The minimum Gasteiger partial charge on any atom is -0.356 e. The summed E-state index contributed by atoms with van der Waals surface area (Å²) in [5, 5.41) is 0. The average Bonchev–Trinajstić information content (AvgIpc) is 2.56. The van der Waals surface area contributed by atoms with Gasteiger partial charge in [-0.15, -0.1) is 0 Å². The molecule has 1 aromatic rings. The van der Waals surface area contributed by atoms with E-state index in [2.05, 4.69) is 40.8 Å². The SMILES string of the molecule is CC(C)c1cccnc1N1CCC(N2CCCCC2)CC1. The zero-order valence-corrected chi connectivity index (χ0v) is 13.6. The van der Waals surface area contributed by atoms with Gasteiger partial charge in [0.25, 0.3) is 0 Å². The number of nitrogens with zero attached hydrogens (tertiary/aromatic N) is 3. The summed E-state index contributed by atoms with van der Waals surface area (Å²) in [5.74, 6) is 1.78. The van der Waals surface area contributed by atoms with Gasteiger partial charge >= 0.3 is 0 Å². The van der Waals surface area contributed by atoms with E-state index in [9.17, 15) is 0 Å². The summed E-state index contributed by atoms with van der Waals surface area (Å²) in [6.07, 6.45) is 8.77. The van der Waals surface area contributed by atoms with E-state index >= 15 is 0 Å². The van der Waals surface area contributed by atoms with Gasteiger partial charge in [-0.1, -0.05) is 26.3 Å². The van der Waals surface area contributed by atoms with Gasteiger partial charge < -0.3 is 9.80 Å². The van der Waals surface area contributed by atoms with Gasteiger partial charge in [0.05, 0.1) is 0 Å². The van der Waals surface area contributed by atoms with Crippen LogP contribution in [0, 0.1) is 0 Å². The highest BCUT2D eigenvalue weighted by Crippen LogP contribution is 2.29. The number of aromatic nitrogens is 1. The van der Waals surface area contributed by atoms with Crippen LogP contribution < -0.4 is 4.90 Å². The number of anilines is 1. The summed E-state index contributed by atoms with van der Waals surface area (Å²) in [6.45, 7) is 9.51. The molecular weight excluding hydrogens is 258 g/mol. The molecule has 0 aromatic carbocycles. The van der Waals surface area contributed by atoms with Gasteiger partial charge in [-0.3, -0.25) is 0 Å². The second-order valence-corrected chi connectivity index (χ2v) is 6.89. The molecule has 0 N–H and O–H groups in total. The van der Waals surface area contributed by atoms with Gasteiger partial charge in [0, 0.05) is 25.3 Å². The Balaban J connectivity index is 1.63. The third-order valence-corrected chi connectivity index (χ3v) is 5.11. The van der Waals surface area contributed by atoms with Crippen molar-refractivity contribution in [1.82, 2.24) is 9.88 Å². The van der Waals surface area contributed by atoms with Crippen LogP contribution in [0.3, 0.4) is 0 Å². The molecule has 0 bridgehead atoms. The highest BCUT2D eigenvalue weighted by molar-refractivity contribution is 5.48. The van der Waals surface area contributed by atoms with Crippen molar-refractivity contribution < 1.29 is 0 Å². The molecule has 1 aromatic heterocycles. The quantitative estimate of drug-likeness (QED) is 0.846. The number of likely N-dealkylation sites (tertiary alicyclic amines) is 1. The molecule has 0 radical (unpaired) electrons. The minimum atomic E-state index is 0.550.